The normalized spacial score (nSPS) is 10.6. The summed E-state index contributed by atoms with van der Waals surface area (Å²) < 4.78 is 1.76. The Kier molecular flexibility index (Phi) is 3.33. The Bertz CT molecular complexity index is 490. The van der Waals surface area contributed by atoms with Crippen LogP contribution in [0.5, 0.6) is 0 Å². The van der Waals surface area contributed by atoms with E-state index in [9.17, 15) is 0 Å². The Morgan fingerprint density at radius 2 is 1.88 bits per heavy atom. The Morgan fingerprint density at radius 3 is 2.47 bits per heavy atom. The minimum atomic E-state index is 0.378. The molecule has 0 saturated heterocycles. The Morgan fingerprint density at radius 1 is 1.18 bits per heavy atom. The van der Waals surface area contributed by atoms with Crippen molar-refractivity contribution in [2.45, 2.75) is 11.7 Å². The van der Waals surface area contributed by atoms with Gasteiger partial charge in [0.15, 0.2) is 5.16 Å². The number of nitrogens with two attached hydrogens (primary N) is 3. The van der Waals surface area contributed by atoms with Gasteiger partial charge in [0.25, 0.3) is 0 Å². The molecule has 17 heavy (non-hydrogen) atoms. The van der Waals surface area contributed by atoms with Gasteiger partial charge in [-0.25, -0.2) is 9.97 Å². The number of rotatable bonds is 4. The molecule has 0 radical (unpaired) electrons. The summed E-state index contributed by atoms with van der Waals surface area (Å²) >= 11 is 1.47. The Balaban J connectivity index is 1.89. The second-order valence-corrected chi connectivity index (χ2v) is 4.45. The van der Waals surface area contributed by atoms with E-state index in [1.165, 1.54) is 17.8 Å². The molecule has 6 N–H and O–H groups in total. The molecule has 0 unspecified atom stereocenters. The molecule has 0 aliphatic heterocycles. The van der Waals surface area contributed by atoms with Gasteiger partial charge in [0.1, 0.15) is 11.6 Å². The lowest BCUT2D eigenvalue weighted by Gasteiger charge is -2.02. The first kappa shape index (κ1) is 11.5. The Labute approximate surface area is 102 Å². The van der Waals surface area contributed by atoms with Gasteiger partial charge < -0.3 is 17.2 Å². The number of hydrogen-bond donors (Lipinski definition) is 3. The predicted molar refractivity (Wildman–Crippen MR) is 68.2 cm³/mol. The van der Waals surface area contributed by atoms with E-state index in [0.717, 1.165) is 12.3 Å². The second-order valence-electron chi connectivity index (χ2n) is 3.39. The lowest BCUT2D eigenvalue weighted by Crippen LogP contribution is -2.03. The van der Waals surface area contributed by atoms with Crippen molar-refractivity contribution in [2.24, 2.45) is 0 Å². The van der Waals surface area contributed by atoms with Crippen LogP contribution in [-0.2, 0) is 6.54 Å². The molecule has 0 amide bonds. The van der Waals surface area contributed by atoms with Crippen molar-refractivity contribution in [1.82, 2.24) is 19.7 Å². The fraction of sp³-hybridized carbons (Fsp3) is 0.222. The molecule has 2 aromatic rings. The summed E-state index contributed by atoms with van der Waals surface area (Å²) in [6.45, 7) is 0.722. The van der Waals surface area contributed by atoms with Crippen molar-refractivity contribution in [3.05, 3.63) is 18.5 Å². The van der Waals surface area contributed by atoms with Gasteiger partial charge in [-0.15, -0.1) is 0 Å². The van der Waals surface area contributed by atoms with Crippen molar-refractivity contribution in [2.75, 3.05) is 23.0 Å². The number of nitrogens with zero attached hydrogens (tertiary/aromatic N) is 4. The topological polar surface area (TPSA) is 122 Å². The highest BCUT2D eigenvalue weighted by molar-refractivity contribution is 7.99. The summed E-state index contributed by atoms with van der Waals surface area (Å²) in [7, 11) is 0. The maximum Gasteiger partial charge on any atom is 0.191 e. The van der Waals surface area contributed by atoms with Gasteiger partial charge in [-0.3, -0.25) is 4.68 Å². The minimum Gasteiger partial charge on any atom is -0.396 e. The van der Waals surface area contributed by atoms with Crippen molar-refractivity contribution < 1.29 is 0 Å². The molecule has 0 fully saturated rings. The maximum absolute atomic E-state index is 5.57. The molecule has 2 aromatic heterocycles. The quantitative estimate of drug-likeness (QED) is 0.524. The van der Waals surface area contributed by atoms with E-state index in [0.29, 0.717) is 22.5 Å². The lowest BCUT2D eigenvalue weighted by molar-refractivity contribution is 0.666. The van der Waals surface area contributed by atoms with Crippen LogP contribution in [-0.4, -0.2) is 25.5 Å². The molecule has 2 heterocycles. The molecular formula is C9H13N7S. The monoisotopic (exact) mass is 251 g/mol. The molecule has 8 heteroatoms. The molecule has 0 spiro atoms. The summed E-state index contributed by atoms with van der Waals surface area (Å²) in [6.07, 6.45) is 3.38. The average Bonchev–Trinajstić information content (AvgIpc) is 2.63. The number of anilines is 3. The van der Waals surface area contributed by atoms with E-state index in [1.807, 2.05) is 0 Å². The zero-order valence-electron chi connectivity index (χ0n) is 9.08. The molecule has 0 atom stereocenters. The summed E-state index contributed by atoms with van der Waals surface area (Å²) in [4.78, 5) is 8.13. The number of hydrogen-bond acceptors (Lipinski definition) is 7. The van der Waals surface area contributed by atoms with Gasteiger partial charge in [0.05, 0.1) is 18.4 Å². The van der Waals surface area contributed by atoms with E-state index < -0.39 is 0 Å². The van der Waals surface area contributed by atoms with Gasteiger partial charge in [-0.05, 0) is 0 Å². The van der Waals surface area contributed by atoms with Crippen LogP contribution in [0.25, 0.3) is 0 Å². The van der Waals surface area contributed by atoms with Gasteiger partial charge in [-0.2, -0.15) is 5.10 Å². The number of thioether (sulfide) groups is 1. The van der Waals surface area contributed by atoms with Crippen LogP contribution in [0, 0.1) is 0 Å². The molecule has 0 saturated carbocycles. The number of aromatic nitrogens is 4. The summed E-state index contributed by atoms with van der Waals surface area (Å²) in [5.41, 5.74) is 17.3. The van der Waals surface area contributed by atoms with Gasteiger partial charge in [0.2, 0.25) is 0 Å². The van der Waals surface area contributed by atoms with Gasteiger partial charge in [-0.1, -0.05) is 11.8 Å². The first-order valence-electron chi connectivity index (χ1n) is 4.94. The highest BCUT2D eigenvalue weighted by Crippen LogP contribution is 2.16. The first-order valence-corrected chi connectivity index (χ1v) is 5.93. The molecule has 90 valence electrons. The fourth-order valence-electron chi connectivity index (χ4n) is 1.26. The van der Waals surface area contributed by atoms with Crippen molar-refractivity contribution in [3.63, 3.8) is 0 Å². The van der Waals surface area contributed by atoms with Crippen LogP contribution >= 0.6 is 11.8 Å². The van der Waals surface area contributed by atoms with Crippen molar-refractivity contribution in [1.29, 1.82) is 0 Å². The third-order valence-corrected chi connectivity index (χ3v) is 2.78. The third kappa shape index (κ3) is 3.25. The first-order chi connectivity index (χ1) is 8.13. The third-order valence-electron chi connectivity index (χ3n) is 1.95. The highest BCUT2D eigenvalue weighted by Gasteiger charge is 2.02. The van der Waals surface area contributed by atoms with Gasteiger partial charge >= 0.3 is 0 Å². The van der Waals surface area contributed by atoms with Gasteiger partial charge in [0, 0.05) is 18.0 Å². The summed E-state index contributed by atoms with van der Waals surface area (Å²) in [5, 5.41) is 4.64. The molecule has 0 aliphatic rings. The van der Waals surface area contributed by atoms with E-state index in [-0.39, 0.29) is 0 Å². The number of aryl methyl sites for hydroxylation is 1. The van der Waals surface area contributed by atoms with E-state index >= 15 is 0 Å². The molecular weight excluding hydrogens is 238 g/mol. The van der Waals surface area contributed by atoms with Crippen LogP contribution < -0.4 is 17.2 Å². The smallest absolute Gasteiger partial charge is 0.191 e. The van der Waals surface area contributed by atoms with Crippen LogP contribution in [0.3, 0.4) is 0 Å². The fourth-order valence-corrected chi connectivity index (χ4v) is 2.06. The molecule has 7 nitrogen and oxygen atoms in total. The van der Waals surface area contributed by atoms with Crippen molar-refractivity contribution in [3.8, 4) is 0 Å². The Hall–Kier alpha value is -1.96. The SMILES string of the molecule is Nc1cnn(CCSc2nc(N)cc(N)n2)c1. The van der Waals surface area contributed by atoms with Crippen LogP contribution in [0.4, 0.5) is 17.3 Å². The highest BCUT2D eigenvalue weighted by atomic mass is 32.2. The van der Waals surface area contributed by atoms with E-state index in [2.05, 4.69) is 15.1 Å². The number of nitrogen functional groups attached to an aromatic ring is 3. The lowest BCUT2D eigenvalue weighted by atomic mass is 10.5. The molecule has 0 aromatic carbocycles. The molecule has 0 aliphatic carbocycles. The van der Waals surface area contributed by atoms with Crippen molar-refractivity contribution >= 4 is 29.1 Å². The minimum absolute atomic E-state index is 0.378. The molecule has 2 rings (SSSR count). The maximum atomic E-state index is 5.57. The standard InChI is InChI=1S/C9H13N7S/c10-6-4-13-16(5-6)1-2-17-9-14-7(11)3-8(12)15-9/h3-5H,1-2,10H2,(H4,11,12,14,15). The van der Waals surface area contributed by atoms with Crippen LogP contribution in [0.1, 0.15) is 0 Å². The largest absolute Gasteiger partial charge is 0.396 e. The van der Waals surface area contributed by atoms with E-state index in [1.54, 1.807) is 17.1 Å². The molecule has 0 bridgehead atoms. The predicted octanol–water partition coefficient (Wildman–Crippen LogP) is 0.212. The summed E-state index contributed by atoms with van der Waals surface area (Å²) in [5.74, 6) is 1.52. The zero-order valence-corrected chi connectivity index (χ0v) is 9.89. The second kappa shape index (κ2) is 4.91. The van der Waals surface area contributed by atoms with Crippen LogP contribution in [0.15, 0.2) is 23.6 Å². The average molecular weight is 251 g/mol. The van der Waals surface area contributed by atoms with Crippen LogP contribution in [0.2, 0.25) is 0 Å². The van der Waals surface area contributed by atoms with E-state index in [4.69, 9.17) is 17.2 Å². The summed E-state index contributed by atoms with van der Waals surface area (Å²) in [6, 6.07) is 1.53. The zero-order chi connectivity index (χ0) is 12.3.